The third-order valence-corrected chi connectivity index (χ3v) is 4.47. The van der Waals surface area contributed by atoms with E-state index in [2.05, 4.69) is 13.8 Å². The van der Waals surface area contributed by atoms with Crippen molar-refractivity contribution in [3.63, 3.8) is 0 Å². The van der Waals surface area contributed by atoms with Crippen LogP contribution in [0.25, 0.3) is 0 Å². The average molecular weight is 320 g/mol. The van der Waals surface area contributed by atoms with Crippen molar-refractivity contribution in [3.8, 4) is 0 Å². The van der Waals surface area contributed by atoms with E-state index in [1.807, 2.05) is 0 Å². The van der Waals surface area contributed by atoms with Crippen molar-refractivity contribution in [3.05, 3.63) is 0 Å². The van der Waals surface area contributed by atoms with Gasteiger partial charge in [-0.1, -0.05) is 90.9 Å². The molecule has 1 atom stereocenters. The molecule has 0 rings (SSSR count). The number of rotatable bonds is 16. The van der Waals surface area contributed by atoms with Gasteiger partial charge in [-0.15, -0.1) is 0 Å². The first kappa shape index (κ1) is 21.3. The van der Waals surface area contributed by atoms with E-state index in [0.717, 1.165) is 25.7 Å². The number of unbranched alkanes of at least 4 members (excludes halogenated alkanes) is 10. The predicted molar refractivity (Wildman–Crippen MR) is 92.2 cm³/mol. The SMILES string of the molecule is CCCCCCCCCCCCCC(CCC)OP(O)O. The molecule has 4 heteroatoms. The van der Waals surface area contributed by atoms with E-state index in [4.69, 9.17) is 14.3 Å². The van der Waals surface area contributed by atoms with Gasteiger partial charge in [-0.2, -0.15) is 0 Å². The van der Waals surface area contributed by atoms with Crippen molar-refractivity contribution in [1.82, 2.24) is 0 Å². The summed E-state index contributed by atoms with van der Waals surface area (Å²) >= 11 is 0. The first-order valence-corrected chi connectivity index (χ1v) is 10.2. The van der Waals surface area contributed by atoms with Crippen LogP contribution in [0.1, 0.15) is 104 Å². The highest BCUT2D eigenvalue weighted by molar-refractivity contribution is 7.39. The second-order valence-corrected chi connectivity index (χ2v) is 6.81. The Hall–Kier alpha value is 0.310. The molecule has 0 saturated heterocycles. The molecule has 0 aromatic heterocycles. The van der Waals surface area contributed by atoms with E-state index in [0.29, 0.717) is 0 Å². The molecule has 0 aliphatic carbocycles. The van der Waals surface area contributed by atoms with E-state index in [1.54, 1.807) is 0 Å². The normalized spacial score (nSPS) is 13.0. The van der Waals surface area contributed by atoms with Crippen LogP contribution in [0.2, 0.25) is 0 Å². The fourth-order valence-electron chi connectivity index (χ4n) is 2.74. The summed E-state index contributed by atoms with van der Waals surface area (Å²) in [5.74, 6) is 0. The van der Waals surface area contributed by atoms with Gasteiger partial charge in [-0.05, 0) is 12.8 Å². The third-order valence-electron chi connectivity index (χ3n) is 3.98. The van der Waals surface area contributed by atoms with E-state index in [9.17, 15) is 0 Å². The molecule has 0 saturated carbocycles. The van der Waals surface area contributed by atoms with E-state index in [1.165, 1.54) is 64.2 Å². The van der Waals surface area contributed by atoms with Gasteiger partial charge in [0, 0.05) is 0 Å². The first-order chi connectivity index (χ1) is 10.2. The van der Waals surface area contributed by atoms with Gasteiger partial charge in [0.1, 0.15) is 0 Å². The quantitative estimate of drug-likeness (QED) is 0.267. The molecule has 0 spiro atoms. The van der Waals surface area contributed by atoms with Gasteiger partial charge in [0.05, 0.1) is 6.10 Å². The fraction of sp³-hybridized carbons (Fsp3) is 1.00. The Morgan fingerprint density at radius 3 is 1.57 bits per heavy atom. The maximum absolute atomic E-state index is 8.92. The van der Waals surface area contributed by atoms with Crippen LogP contribution in [0.5, 0.6) is 0 Å². The second-order valence-electron chi connectivity index (χ2n) is 6.09. The lowest BCUT2D eigenvalue weighted by Crippen LogP contribution is -2.09. The van der Waals surface area contributed by atoms with Crippen LogP contribution in [-0.2, 0) is 4.52 Å². The molecule has 0 bridgehead atoms. The largest absolute Gasteiger partial charge is 0.328 e. The standard InChI is InChI=1S/C17H37O3P/c1-3-5-6-7-8-9-10-11-12-13-14-16-17(15-4-2)20-21(18)19/h17-19H,3-16H2,1-2H3. The minimum Gasteiger partial charge on any atom is -0.328 e. The number of hydrogen-bond acceptors (Lipinski definition) is 3. The van der Waals surface area contributed by atoms with Crippen LogP contribution in [-0.4, -0.2) is 15.9 Å². The van der Waals surface area contributed by atoms with Gasteiger partial charge >= 0.3 is 8.60 Å². The second kappa shape index (κ2) is 16.7. The molecule has 0 radical (unpaired) electrons. The molecule has 0 amide bonds. The topological polar surface area (TPSA) is 49.7 Å². The van der Waals surface area contributed by atoms with Gasteiger partial charge in [0.15, 0.2) is 0 Å². The molecule has 3 nitrogen and oxygen atoms in total. The average Bonchev–Trinajstić information content (AvgIpc) is 2.44. The molecule has 0 fully saturated rings. The molecule has 0 heterocycles. The molecule has 0 aliphatic rings. The van der Waals surface area contributed by atoms with Gasteiger partial charge in [-0.25, -0.2) is 0 Å². The van der Waals surface area contributed by atoms with Crippen molar-refractivity contribution < 1.29 is 14.3 Å². The maximum Gasteiger partial charge on any atom is 0.327 e. The summed E-state index contributed by atoms with van der Waals surface area (Å²) in [5.41, 5.74) is 0. The van der Waals surface area contributed by atoms with Crippen LogP contribution in [0.3, 0.4) is 0 Å². The molecular formula is C17H37O3P. The minimum atomic E-state index is -2.19. The molecule has 1 unspecified atom stereocenters. The highest BCUT2D eigenvalue weighted by atomic mass is 31.2. The zero-order valence-electron chi connectivity index (χ0n) is 14.2. The Morgan fingerprint density at radius 2 is 1.14 bits per heavy atom. The summed E-state index contributed by atoms with van der Waals surface area (Å²) in [6.07, 6.45) is 17.7. The van der Waals surface area contributed by atoms with Crippen molar-refractivity contribution >= 4 is 8.60 Å². The van der Waals surface area contributed by atoms with Gasteiger partial charge in [0.2, 0.25) is 0 Å². The lowest BCUT2D eigenvalue weighted by Gasteiger charge is -2.16. The molecule has 2 N–H and O–H groups in total. The summed E-state index contributed by atoms with van der Waals surface area (Å²) in [6, 6.07) is 0. The molecule has 128 valence electrons. The lowest BCUT2D eigenvalue weighted by atomic mass is 10.0. The first-order valence-electron chi connectivity index (χ1n) is 9.05. The van der Waals surface area contributed by atoms with Crippen molar-refractivity contribution in [1.29, 1.82) is 0 Å². The van der Waals surface area contributed by atoms with E-state index >= 15 is 0 Å². The predicted octanol–water partition coefficient (Wildman–Crippen LogP) is 6.08. The summed E-state index contributed by atoms with van der Waals surface area (Å²) in [5, 5.41) is 0. The fourth-order valence-corrected chi connectivity index (χ4v) is 3.22. The Kier molecular flexibility index (Phi) is 16.9. The highest BCUT2D eigenvalue weighted by Crippen LogP contribution is 2.30. The Labute approximate surface area is 133 Å². The van der Waals surface area contributed by atoms with Crippen LogP contribution in [0, 0.1) is 0 Å². The number of hydrogen-bond donors (Lipinski definition) is 2. The summed E-state index contributed by atoms with van der Waals surface area (Å²) in [4.78, 5) is 17.8. The molecule has 21 heavy (non-hydrogen) atoms. The van der Waals surface area contributed by atoms with Crippen LogP contribution < -0.4 is 0 Å². The maximum atomic E-state index is 8.92. The van der Waals surface area contributed by atoms with Crippen molar-refractivity contribution in [2.75, 3.05) is 0 Å². The zero-order chi connectivity index (χ0) is 15.8. The lowest BCUT2D eigenvalue weighted by molar-refractivity contribution is 0.150. The summed E-state index contributed by atoms with van der Waals surface area (Å²) < 4.78 is 5.16. The molecule has 0 aliphatic heterocycles. The monoisotopic (exact) mass is 320 g/mol. The van der Waals surface area contributed by atoms with Crippen LogP contribution >= 0.6 is 8.60 Å². The molecule has 0 aromatic carbocycles. The van der Waals surface area contributed by atoms with Crippen LogP contribution in [0.4, 0.5) is 0 Å². The Morgan fingerprint density at radius 1 is 0.667 bits per heavy atom. The van der Waals surface area contributed by atoms with Gasteiger partial charge < -0.3 is 14.3 Å². The summed E-state index contributed by atoms with van der Waals surface area (Å²) in [7, 11) is -2.19. The van der Waals surface area contributed by atoms with Gasteiger partial charge in [0.25, 0.3) is 0 Å². The van der Waals surface area contributed by atoms with Gasteiger partial charge in [-0.3, -0.25) is 0 Å². The third kappa shape index (κ3) is 16.5. The minimum absolute atomic E-state index is 0.0367. The zero-order valence-corrected chi connectivity index (χ0v) is 15.1. The van der Waals surface area contributed by atoms with E-state index < -0.39 is 8.60 Å². The van der Waals surface area contributed by atoms with Crippen LogP contribution in [0.15, 0.2) is 0 Å². The smallest absolute Gasteiger partial charge is 0.327 e. The van der Waals surface area contributed by atoms with E-state index in [-0.39, 0.29) is 6.10 Å². The van der Waals surface area contributed by atoms with Crippen molar-refractivity contribution in [2.24, 2.45) is 0 Å². The molecule has 0 aromatic rings. The Bertz CT molecular complexity index is 200. The van der Waals surface area contributed by atoms with Crippen molar-refractivity contribution in [2.45, 2.75) is 110 Å². The summed E-state index contributed by atoms with van der Waals surface area (Å²) in [6.45, 7) is 4.37. The highest BCUT2D eigenvalue weighted by Gasteiger charge is 2.12. The Balaban J connectivity index is 3.29. The molecular weight excluding hydrogens is 283 g/mol.